The Hall–Kier alpha value is -0.380. The van der Waals surface area contributed by atoms with Crippen LogP contribution in [0.3, 0.4) is 0 Å². The summed E-state index contributed by atoms with van der Waals surface area (Å²) < 4.78 is 6.06. The van der Waals surface area contributed by atoms with Crippen LogP contribution in [0.1, 0.15) is 24.8 Å². The smallest absolute Gasteiger partial charge is 0.0799 e. The maximum absolute atomic E-state index is 6.18. The monoisotopic (exact) mass is 297 g/mol. The molecule has 104 valence electrons. The molecule has 0 amide bonds. The van der Waals surface area contributed by atoms with Gasteiger partial charge < -0.3 is 10.1 Å². The number of hydrogen-bond donors (Lipinski definition) is 1. The standard InChI is InChI=1S/C15H20ClNOS/c1-11-13(16)3-2-4-14(11)17-12-5-7-18-15(9-12)6-8-19-10-15/h2-4,12,17H,5-10H2,1H3. The van der Waals surface area contributed by atoms with Gasteiger partial charge in [0, 0.05) is 29.1 Å². The Morgan fingerprint density at radius 2 is 2.37 bits per heavy atom. The number of rotatable bonds is 2. The van der Waals surface area contributed by atoms with Gasteiger partial charge >= 0.3 is 0 Å². The molecule has 3 rings (SSSR count). The molecule has 1 spiro atoms. The van der Waals surface area contributed by atoms with E-state index < -0.39 is 0 Å². The highest BCUT2D eigenvalue weighted by molar-refractivity contribution is 7.99. The van der Waals surface area contributed by atoms with Gasteiger partial charge in [0.2, 0.25) is 0 Å². The van der Waals surface area contributed by atoms with Crippen molar-refractivity contribution in [3.05, 3.63) is 28.8 Å². The van der Waals surface area contributed by atoms with E-state index in [1.807, 2.05) is 23.9 Å². The zero-order chi connectivity index (χ0) is 13.3. The Morgan fingerprint density at radius 3 is 3.16 bits per heavy atom. The Bertz CT molecular complexity index is 459. The van der Waals surface area contributed by atoms with Gasteiger partial charge in [-0.1, -0.05) is 17.7 Å². The topological polar surface area (TPSA) is 21.3 Å². The molecule has 2 nitrogen and oxygen atoms in total. The zero-order valence-corrected chi connectivity index (χ0v) is 12.8. The van der Waals surface area contributed by atoms with Gasteiger partial charge in [-0.2, -0.15) is 11.8 Å². The summed E-state index contributed by atoms with van der Waals surface area (Å²) in [6.45, 7) is 2.95. The van der Waals surface area contributed by atoms with E-state index in [0.717, 1.165) is 35.8 Å². The quantitative estimate of drug-likeness (QED) is 0.887. The molecule has 0 radical (unpaired) electrons. The van der Waals surface area contributed by atoms with E-state index >= 15 is 0 Å². The molecule has 2 unspecified atom stereocenters. The molecule has 2 heterocycles. The van der Waals surface area contributed by atoms with Crippen LogP contribution in [0.4, 0.5) is 5.69 Å². The molecule has 2 saturated heterocycles. The number of hydrogen-bond acceptors (Lipinski definition) is 3. The molecule has 4 heteroatoms. The average Bonchev–Trinajstić information content (AvgIpc) is 2.83. The van der Waals surface area contributed by atoms with Crippen LogP contribution in [0.2, 0.25) is 5.02 Å². The molecule has 2 atom stereocenters. The second-order valence-corrected chi connectivity index (χ2v) is 7.09. The van der Waals surface area contributed by atoms with Gasteiger partial charge in [0.25, 0.3) is 0 Å². The molecular formula is C15H20ClNOS. The van der Waals surface area contributed by atoms with Gasteiger partial charge in [0.15, 0.2) is 0 Å². The maximum Gasteiger partial charge on any atom is 0.0799 e. The Labute approximate surface area is 124 Å². The van der Waals surface area contributed by atoms with Gasteiger partial charge in [0.1, 0.15) is 0 Å². The zero-order valence-electron chi connectivity index (χ0n) is 11.2. The van der Waals surface area contributed by atoms with Crippen molar-refractivity contribution in [1.29, 1.82) is 0 Å². The van der Waals surface area contributed by atoms with Gasteiger partial charge in [-0.05, 0) is 49.6 Å². The molecule has 0 aromatic heterocycles. The first-order valence-corrected chi connectivity index (χ1v) is 8.45. The summed E-state index contributed by atoms with van der Waals surface area (Å²) in [5.41, 5.74) is 2.44. The van der Waals surface area contributed by atoms with Crippen molar-refractivity contribution in [2.24, 2.45) is 0 Å². The minimum atomic E-state index is 0.132. The minimum absolute atomic E-state index is 0.132. The lowest BCUT2D eigenvalue weighted by atomic mass is 9.89. The van der Waals surface area contributed by atoms with Crippen LogP contribution in [0.15, 0.2) is 18.2 Å². The van der Waals surface area contributed by atoms with Crippen molar-refractivity contribution in [3.63, 3.8) is 0 Å². The highest BCUT2D eigenvalue weighted by Gasteiger charge is 2.40. The van der Waals surface area contributed by atoms with Gasteiger partial charge in [-0.15, -0.1) is 0 Å². The summed E-state index contributed by atoms with van der Waals surface area (Å²) in [6, 6.07) is 6.58. The average molecular weight is 298 g/mol. The van der Waals surface area contributed by atoms with Crippen LogP contribution >= 0.6 is 23.4 Å². The van der Waals surface area contributed by atoms with E-state index in [1.165, 1.54) is 17.9 Å². The van der Waals surface area contributed by atoms with Crippen molar-refractivity contribution >= 4 is 29.1 Å². The van der Waals surface area contributed by atoms with E-state index in [4.69, 9.17) is 16.3 Å². The van der Waals surface area contributed by atoms with Crippen LogP contribution < -0.4 is 5.32 Å². The Balaban J connectivity index is 1.71. The molecular weight excluding hydrogens is 278 g/mol. The summed E-state index contributed by atoms with van der Waals surface area (Å²) in [6.07, 6.45) is 3.40. The highest BCUT2D eigenvalue weighted by Crippen LogP contribution is 2.39. The predicted molar refractivity (Wildman–Crippen MR) is 83.5 cm³/mol. The number of benzene rings is 1. The molecule has 2 aliphatic rings. The first kappa shape index (κ1) is 13.6. The fourth-order valence-electron chi connectivity index (χ4n) is 3.00. The molecule has 2 fully saturated rings. The van der Waals surface area contributed by atoms with Gasteiger partial charge in [0.05, 0.1) is 5.60 Å². The Morgan fingerprint density at radius 1 is 1.47 bits per heavy atom. The normalized spacial score (nSPS) is 30.7. The third-order valence-corrected chi connectivity index (χ3v) is 5.82. The van der Waals surface area contributed by atoms with Crippen molar-refractivity contribution in [1.82, 2.24) is 0 Å². The lowest BCUT2D eigenvalue weighted by Gasteiger charge is -2.38. The third-order valence-electron chi connectivity index (χ3n) is 4.19. The van der Waals surface area contributed by atoms with Crippen molar-refractivity contribution in [3.8, 4) is 0 Å². The van der Waals surface area contributed by atoms with Crippen LogP contribution in [-0.2, 0) is 4.74 Å². The van der Waals surface area contributed by atoms with Crippen LogP contribution in [0.5, 0.6) is 0 Å². The van der Waals surface area contributed by atoms with Crippen LogP contribution in [-0.4, -0.2) is 29.8 Å². The van der Waals surface area contributed by atoms with E-state index in [-0.39, 0.29) is 5.60 Å². The lowest BCUT2D eigenvalue weighted by Crippen LogP contribution is -2.44. The van der Waals surface area contributed by atoms with Crippen LogP contribution in [0.25, 0.3) is 0 Å². The van der Waals surface area contributed by atoms with Crippen LogP contribution in [0, 0.1) is 6.92 Å². The molecule has 0 saturated carbocycles. The predicted octanol–water partition coefficient (Wildman–Crippen LogP) is 4.12. The number of anilines is 1. The maximum atomic E-state index is 6.18. The number of nitrogens with one attached hydrogen (secondary N) is 1. The lowest BCUT2D eigenvalue weighted by molar-refractivity contribution is -0.0628. The molecule has 0 bridgehead atoms. The fourth-order valence-corrected chi connectivity index (χ4v) is 4.55. The molecule has 2 aliphatic heterocycles. The minimum Gasteiger partial charge on any atom is -0.382 e. The summed E-state index contributed by atoms with van der Waals surface area (Å²) >= 11 is 8.20. The number of thioether (sulfide) groups is 1. The van der Waals surface area contributed by atoms with E-state index in [9.17, 15) is 0 Å². The Kier molecular flexibility index (Phi) is 3.97. The number of halogens is 1. The third kappa shape index (κ3) is 2.88. The van der Waals surface area contributed by atoms with Crippen molar-refractivity contribution in [2.75, 3.05) is 23.4 Å². The SMILES string of the molecule is Cc1c(Cl)cccc1NC1CCOC2(CCSC2)C1. The van der Waals surface area contributed by atoms with Crippen molar-refractivity contribution in [2.45, 2.75) is 37.8 Å². The van der Waals surface area contributed by atoms with Gasteiger partial charge in [-0.3, -0.25) is 0 Å². The summed E-state index contributed by atoms with van der Waals surface area (Å²) in [5, 5.41) is 4.50. The largest absolute Gasteiger partial charge is 0.382 e. The fraction of sp³-hybridized carbons (Fsp3) is 0.600. The van der Waals surface area contributed by atoms with Crippen molar-refractivity contribution < 1.29 is 4.74 Å². The summed E-state index contributed by atoms with van der Waals surface area (Å²) in [5.74, 6) is 2.39. The van der Waals surface area contributed by atoms with E-state index in [1.54, 1.807) is 0 Å². The molecule has 1 aromatic carbocycles. The van der Waals surface area contributed by atoms with E-state index in [2.05, 4.69) is 18.3 Å². The number of ether oxygens (including phenoxy) is 1. The van der Waals surface area contributed by atoms with Gasteiger partial charge in [-0.25, -0.2) is 0 Å². The molecule has 19 heavy (non-hydrogen) atoms. The molecule has 1 aromatic rings. The first-order valence-electron chi connectivity index (χ1n) is 6.92. The summed E-state index contributed by atoms with van der Waals surface area (Å²) in [4.78, 5) is 0. The second-order valence-electron chi connectivity index (χ2n) is 5.58. The molecule has 0 aliphatic carbocycles. The second kappa shape index (κ2) is 5.55. The van der Waals surface area contributed by atoms with E-state index in [0.29, 0.717) is 6.04 Å². The molecule has 1 N–H and O–H groups in total. The summed E-state index contributed by atoms with van der Waals surface area (Å²) in [7, 11) is 0. The first-order chi connectivity index (χ1) is 9.19. The highest BCUT2D eigenvalue weighted by atomic mass is 35.5.